The van der Waals surface area contributed by atoms with Crippen LogP contribution < -0.4 is 0 Å². The number of amides is 1. The Morgan fingerprint density at radius 2 is 2.18 bits per heavy atom. The van der Waals surface area contributed by atoms with Crippen molar-refractivity contribution in [3.63, 3.8) is 0 Å². The van der Waals surface area contributed by atoms with Crippen LogP contribution in [0.25, 0.3) is 10.1 Å². The SMILES string of the molecule is CCC(C)(C)OC(=O)N1CCCC(O)(c2cc3c(Cl)cccc3s2)CCC1C. The molecule has 1 aromatic heterocycles. The van der Waals surface area contributed by atoms with E-state index in [2.05, 4.69) is 0 Å². The second-order valence-electron chi connectivity index (χ2n) is 8.46. The van der Waals surface area contributed by atoms with Gasteiger partial charge in [-0.1, -0.05) is 24.6 Å². The highest BCUT2D eigenvalue weighted by Crippen LogP contribution is 2.42. The molecular weight excluding hydrogens is 394 g/mol. The molecule has 28 heavy (non-hydrogen) atoms. The number of carbonyl (C=O) groups is 1. The van der Waals surface area contributed by atoms with Gasteiger partial charge in [0, 0.05) is 32.6 Å². The van der Waals surface area contributed by atoms with Crippen LogP contribution in [0.3, 0.4) is 0 Å². The first-order chi connectivity index (χ1) is 13.1. The van der Waals surface area contributed by atoms with Crippen LogP contribution in [-0.4, -0.2) is 34.3 Å². The van der Waals surface area contributed by atoms with Crippen LogP contribution >= 0.6 is 22.9 Å². The molecule has 6 heteroatoms. The van der Waals surface area contributed by atoms with Crippen LogP contribution in [0, 0.1) is 0 Å². The monoisotopic (exact) mass is 423 g/mol. The van der Waals surface area contributed by atoms with Crippen LogP contribution in [0.2, 0.25) is 5.02 Å². The lowest BCUT2D eigenvalue weighted by Crippen LogP contribution is -2.45. The number of nitrogens with zero attached hydrogens (tertiary/aromatic N) is 1. The summed E-state index contributed by atoms with van der Waals surface area (Å²) in [5, 5.41) is 13.2. The maximum absolute atomic E-state index is 12.7. The fourth-order valence-electron chi connectivity index (χ4n) is 3.63. The van der Waals surface area contributed by atoms with Crippen LogP contribution in [0.1, 0.15) is 64.7 Å². The van der Waals surface area contributed by atoms with Gasteiger partial charge in [0.25, 0.3) is 0 Å². The topological polar surface area (TPSA) is 49.8 Å². The number of rotatable bonds is 3. The van der Waals surface area contributed by atoms with Gasteiger partial charge in [0.2, 0.25) is 0 Å². The lowest BCUT2D eigenvalue weighted by molar-refractivity contribution is -0.0212. The van der Waals surface area contributed by atoms with E-state index in [-0.39, 0.29) is 12.1 Å². The first-order valence-corrected chi connectivity index (χ1v) is 11.3. The quantitative estimate of drug-likeness (QED) is 0.627. The summed E-state index contributed by atoms with van der Waals surface area (Å²) in [6, 6.07) is 7.91. The molecule has 0 radical (unpaired) electrons. The average molecular weight is 424 g/mol. The summed E-state index contributed by atoms with van der Waals surface area (Å²) in [6.45, 7) is 8.51. The maximum Gasteiger partial charge on any atom is 0.410 e. The molecule has 3 rings (SSSR count). The van der Waals surface area contributed by atoms with Crippen molar-refractivity contribution in [3.05, 3.63) is 34.2 Å². The third-order valence-corrected chi connectivity index (χ3v) is 7.54. The molecule has 4 nitrogen and oxygen atoms in total. The zero-order valence-corrected chi connectivity index (χ0v) is 18.7. The molecule has 154 valence electrons. The first-order valence-electron chi connectivity index (χ1n) is 10.1. The van der Waals surface area contributed by atoms with Crippen molar-refractivity contribution in [3.8, 4) is 0 Å². The lowest BCUT2D eigenvalue weighted by atomic mass is 9.87. The first kappa shape index (κ1) is 21.4. The Hall–Kier alpha value is -1.30. The van der Waals surface area contributed by atoms with Gasteiger partial charge < -0.3 is 14.7 Å². The van der Waals surface area contributed by atoms with E-state index in [1.165, 1.54) is 0 Å². The van der Waals surface area contributed by atoms with E-state index in [9.17, 15) is 9.90 Å². The van der Waals surface area contributed by atoms with E-state index in [1.807, 2.05) is 56.9 Å². The highest BCUT2D eigenvalue weighted by Gasteiger charge is 2.36. The van der Waals surface area contributed by atoms with Gasteiger partial charge in [0.05, 0.1) is 5.60 Å². The molecule has 1 aromatic carbocycles. The van der Waals surface area contributed by atoms with Gasteiger partial charge in [-0.05, 0) is 71.1 Å². The minimum Gasteiger partial charge on any atom is -0.443 e. The third kappa shape index (κ3) is 4.47. The van der Waals surface area contributed by atoms with Crippen molar-refractivity contribution >= 4 is 39.1 Å². The number of fused-ring (bicyclic) bond motifs is 1. The molecule has 1 amide bonds. The molecule has 1 aliphatic heterocycles. The highest BCUT2D eigenvalue weighted by atomic mass is 35.5. The number of benzene rings is 1. The number of carbonyl (C=O) groups excluding carboxylic acids is 1. The predicted octanol–water partition coefficient (Wildman–Crippen LogP) is 6.33. The number of thiophene rings is 1. The molecular formula is C22H30ClNO3S. The van der Waals surface area contributed by atoms with Crippen molar-refractivity contribution in [2.24, 2.45) is 0 Å². The Labute approximate surface area is 176 Å². The minimum absolute atomic E-state index is 0.0185. The summed E-state index contributed by atoms with van der Waals surface area (Å²) in [5.74, 6) is 0. The van der Waals surface area contributed by atoms with Gasteiger partial charge in [0.1, 0.15) is 5.60 Å². The van der Waals surface area contributed by atoms with Crippen LogP contribution in [-0.2, 0) is 10.3 Å². The Morgan fingerprint density at radius 3 is 2.86 bits per heavy atom. The molecule has 0 spiro atoms. The summed E-state index contributed by atoms with van der Waals surface area (Å²) in [7, 11) is 0. The number of ether oxygens (including phenoxy) is 1. The van der Waals surface area contributed by atoms with E-state index >= 15 is 0 Å². The zero-order valence-electron chi connectivity index (χ0n) is 17.1. The molecule has 2 heterocycles. The van der Waals surface area contributed by atoms with E-state index in [0.717, 1.165) is 39.2 Å². The van der Waals surface area contributed by atoms with Gasteiger partial charge in [-0.2, -0.15) is 0 Å². The minimum atomic E-state index is -0.875. The van der Waals surface area contributed by atoms with Crippen molar-refractivity contribution in [1.29, 1.82) is 0 Å². The normalized spacial score (nSPS) is 24.1. The van der Waals surface area contributed by atoms with Crippen molar-refractivity contribution in [2.75, 3.05) is 6.54 Å². The van der Waals surface area contributed by atoms with Crippen molar-refractivity contribution < 1.29 is 14.6 Å². The fraction of sp³-hybridized carbons (Fsp3) is 0.591. The zero-order chi connectivity index (χ0) is 20.5. The number of hydrogen-bond acceptors (Lipinski definition) is 4. The molecule has 0 saturated carbocycles. The van der Waals surface area contributed by atoms with E-state index in [1.54, 1.807) is 11.3 Å². The smallest absolute Gasteiger partial charge is 0.410 e. The molecule has 2 aromatic rings. The van der Waals surface area contributed by atoms with Gasteiger partial charge in [-0.15, -0.1) is 11.3 Å². The fourth-order valence-corrected chi connectivity index (χ4v) is 5.15. The Balaban J connectivity index is 1.75. The van der Waals surface area contributed by atoms with Crippen LogP contribution in [0.5, 0.6) is 0 Å². The molecule has 1 saturated heterocycles. The van der Waals surface area contributed by atoms with E-state index in [4.69, 9.17) is 16.3 Å². The van der Waals surface area contributed by atoms with Gasteiger partial charge in [-0.25, -0.2) is 4.79 Å². The summed E-state index contributed by atoms with van der Waals surface area (Å²) in [5.41, 5.74) is -1.34. The second kappa shape index (κ2) is 8.21. The molecule has 2 atom stereocenters. The molecule has 0 bridgehead atoms. The van der Waals surface area contributed by atoms with Crippen LogP contribution in [0.4, 0.5) is 4.79 Å². The summed E-state index contributed by atoms with van der Waals surface area (Å²) >= 11 is 7.93. The van der Waals surface area contributed by atoms with Crippen molar-refractivity contribution in [2.45, 2.75) is 77.0 Å². The summed E-state index contributed by atoms with van der Waals surface area (Å²) in [6.07, 6.45) is 3.20. The second-order valence-corrected chi connectivity index (χ2v) is 9.95. The third-order valence-electron chi connectivity index (χ3n) is 5.91. The molecule has 0 aliphatic carbocycles. The van der Waals surface area contributed by atoms with E-state index < -0.39 is 11.2 Å². The van der Waals surface area contributed by atoms with Gasteiger partial charge in [-0.3, -0.25) is 0 Å². The molecule has 1 N–H and O–H groups in total. The van der Waals surface area contributed by atoms with Crippen LogP contribution in [0.15, 0.2) is 24.3 Å². The standard InChI is InChI=1S/C22H30ClNO3S/c1-5-21(3,4)27-20(25)24-13-7-11-22(26,12-10-15(24)2)19-14-16-17(23)8-6-9-18(16)28-19/h6,8-9,14-15,26H,5,7,10-13H2,1-4H3. The molecule has 1 aliphatic rings. The Kier molecular flexibility index (Phi) is 6.28. The molecule has 2 unspecified atom stereocenters. The van der Waals surface area contributed by atoms with Crippen molar-refractivity contribution in [1.82, 2.24) is 4.90 Å². The van der Waals surface area contributed by atoms with E-state index in [0.29, 0.717) is 19.4 Å². The Morgan fingerprint density at radius 1 is 1.43 bits per heavy atom. The molecule has 1 fully saturated rings. The average Bonchev–Trinajstić information content (AvgIpc) is 3.08. The number of likely N-dealkylation sites (tertiary alicyclic amines) is 1. The van der Waals surface area contributed by atoms with Gasteiger partial charge >= 0.3 is 6.09 Å². The number of aliphatic hydroxyl groups is 1. The van der Waals surface area contributed by atoms with Gasteiger partial charge in [0.15, 0.2) is 0 Å². The summed E-state index contributed by atoms with van der Waals surface area (Å²) in [4.78, 5) is 15.4. The maximum atomic E-state index is 12.7. The number of hydrogen-bond donors (Lipinski definition) is 1. The lowest BCUT2D eigenvalue weighted by Gasteiger charge is -2.38. The Bertz CT molecular complexity index is 849. The number of halogens is 1. The highest BCUT2D eigenvalue weighted by molar-refractivity contribution is 7.19. The summed E-state index contributed by atoms with van der Waals surface area (Å²) < 4.78 is 6.79. The largest absolute Gasteiger partial charge is 0.443 e. The predicted molar refractivity (Wildman–Crippen MR) is 116 cm³/mol.